The molecule has 0 amide bonds. The maximum absolute atomic E-state index is 12.4. The number of furan rings is 1. The summed E-state index contributed by atoms with van der Waals surface area (Å²) in [6.45, 7) is 3.95. The van der Waals surface area contributed by atoms with Crippen LogP contribution < -0.4 is 0 Å². The molecule has 7 heteroatoms. The maximum atomic E-state index is 12.4. The van der Waals surface area contributed by atoms with Gasteiger partial charge in [0.25, 0.3) is 0 Å². The van der Waals surface area contributed by atoms with Gasteiger partial charge in [-0.15, -0.1) is 11.8 Å². The van der Waals surface area contributed by atoms with Crippen LogP contribution in [0.3, 0.4) is 0 Å². The van der Waals surface area contributed by atoms with E-state index in [1.165, 1.54) is 6.26 Å². The van der Waals surface area contributed by atoms with Crippen LogP contribution in [0.25, 0.3) is 0 Å². The number of carbonyl (C=O) groups is 1. The van der Waals surface area contributed by atoms with Crippen LogP contribution in [0.15, 0.2) is 108 Å². The molecule has 0 bridgehead atoms. The van der Waals surface area contributed by atoms with E-state index in [4.69, 9.17) is 23.4 Å². The number of hydrogen-bond acceptors (Lipinski definition) is 7. The fourth-order valence-electron chi connectivity index (χ4n) is 4.70. The second kappa shape index (κ2) is 14.3. The molecule has 4 atom stereocenters. The Morgan fingerprint density at radius 2 is 1.32 bits per heavy atom. The van der Waals surface area contributed by atoms with Gasteiger partial charge in [-0.25, -0.2) is 4.79 Å². The second-order valence-electron chi connectivity index (χ2n) is 9.58. The summed E-state index contributed by atoms with van der Waals surface area (Å²) in [5.41, 5.74) is 3.67. The van der Waals surface area contributed by atoms with Crippen LogP contribution >= 0.6 is 11.8 Å². The molecule has 6 nitrogen and oxygen atoms in total. The van der Waals surface area contributed by atoms with Gasteiger partial charge in [0.15, 0.2) is 0 Å². The Balaban J connectivity index is 1.38. The van der Waals surface area contributed by atoms with Crippen LogP contribution in [0.4, 0.5) is 0 Å². The molecule has 0 saturated carbocycles. The van der Waals surface area contributed by atoms with Gasteiger partial charge in [0.2, 0.25) is 0 Å². The number of ether oxygens (including phenoxy) is 4. The maximum Gasteiger partial charge on any atom is 0.341 e. The lowest BCUT2D eigenvalue weighted by molar-refractivity contribution is -0.0872. The molecule has 1 aliphatic heterocycles. The number of hydrogen-bond donors (Lipinski definition) is 0. The summed E-state index contributed by atoms with van der Waals surface area (Å²) in [4.78, 5) is 12.4. The smallest absolute Gasteiger partial charge is 0.341 e. The Morgan fingerprint density at radius 1 is 0.775 bits per heavy atom. The molecule has 208 valence electrons. The molecule has 2 heterocycles. The summed E-state index contributed by atoms with van der Waals surface area (Å²) < 4.78 is 30.5. The Kier molecular flexibility index (Phi) is 10.1. The molecular formula is C33H34O6S. The van der Waals surface area contributed by atoms with Gasteiger partial charge in [-0.1, -0.05) is 91.0 Å². The predicted molar refractivity (Wildman–Crippen MR) is 155 cm³/mol. The minimum Gasteiger partial charge on any atom is -0.467 e. The third-order valence-corrected chi connectivity index (χ3v) is 8.23. The summed E-state index contributed by atoms with van der Waals surface area (Å²) in [5.74, 6) is 0.256. The third kappa shape index (κ3) is 7.43. The summed E-state index contributed by atoms with van der Waals surface area (Å²) in [6.07, 6.45) is 0.854. The van der Waals surface area contributed by atoms with Crippen molar-refractivity contribution < 1.29 is 28.2 Å². The number of rotatable bonds is 13. The molecule has 0 aliphatic carbocycles. The average molecular weight is 559 g/mol. The molecular weight excluding hydrogens is 524 g/mol. The molecule has 0 unspecified atom stereocenters. The first-order valence-electron chi connectivity index (χ1n) is 13.5. The van der Waals surface area contributed by atoms with E-state index in [1.807, 2.05) is 66.7 Å². The van der Waals surface area contributed by atoms with Crippen molar-refractivity contribution in [3.8, 4) is 0 Å². The van der Waals surface area contributed by atoms with E-state index in [0.717, 1.165) is 16.7 Å². The van der Waals surface area contributed by atoms with Gasteiger partial charge < -0.3 is 23.4 Å². The lowest BCUT2D eigenvalue weighted by atomic mass is 10.0. The highest BCUT2D eigenvalue weighted by Crippen LogP contribution is 2.49. The van der Waals surface area contributed by atoms with Crippen molar-refractivity contribution in [1.82, 2.24) is 0 Å². The van der Waals surface area contributed by atoms with Crippen LogP contribution in [-0.2, 0) is 38.8 Å². The SMILES string of the molecule is CCOC(=O)c1coc([C@@H]2S[C@H](COCc3ccccc3)[C@@H](OCc3ccccc3)[C@H]2OCc2ccccc2)c1. The monoisotopic (exact) mass is 558 g/mol. The van der Waals surface area contributed by atoms with E-state index in [-0.39, 0.29) is 22.7 Å². The van der Waals surface area contributed by atoms with Gasteiger partial charge >= 0.3 is 5.97 Å². The van der Waals surface area contributed by atoms with Crippen molar-refractivity contribution in [2.24, 2.45) is 0 Å². The highest BCUT2D eigenvalue weighted by atomic mass is 32.2. The Morgan fingerprint density at radius 3 is 1.90 bits per heavy atom. The zero-order valence-corrected chi connectivity index (χ0v) is 23.3. The van der Waals surface area contributed by atoms with Gasteiger partial charge in [0, 0.05) is 0 Å². The summed E-state index contributed by atoms with van der Waals surface area (Å²) >= 11 is 1.70. The van der Waals surface area contributed by atoms with Crippen molar-refractivity contribution in [3.63, 3.8) is 0 Å². The number of benzene rings is 3. The summed E-state index contributed by atoms with van der Waals surface area (Å²) in [5, 5.41) is -0.215. The van der Waals surface area contributed by atoms with E-state index < -0.39 is 5.97 Å². The van der Waals surface area contributed by atoms with Gasteiger partial charge in [0.1, 0.15) is 18.1 Å². The molecule has 1 aliphatic rings. The molecule has 1 saturated heterocycles. The van der Waals surface area contributed by atoms with Crippen LogP contribution in [0, 0.1) is 0 Å². The van der Waals surface area contributed by atoms with Crippen molar-refractivity contribution in [3.05, 3.63) is 131 Å². The van der Waals surface area contributed by atoms with E-state index in [0.29, 0.717) is 44.4 Å². The lowest BCUT2D eigenvalue weighted by Gasteiger charge is -2.26. The molecule has 0 N–H and O–H groups in total. The zero-order chi connectivity index (χ0) is 27.6. The second-order valence-corrected chi connectivity index (χ2v) is 11.0. The van der Waals surface area contributed by atoms with E-state index in [9.17, 15) is 4.79 Å². The predicted octanol–water partition coefficient (Wildman–Crippen LogP) is 7.00. The van der Waals surface area contributed by atoms with E-state index in [2.05, 4.69) is 24.3 Å². The van der Waals surface area contributed by atoms with Crippen molar-refractivity contribution in [1.29, 1.82) is 0 Å². The van der Waals surface area contributed by atoms with Crippen LogP contribution in [0.1, 0.15) is 45.0 Å². The van der Waals surface area contributed by atoms with Crippen molar-refractivity contribution in [2.75, 3.05) is 13.2 Å². The Bertz CT molecular complexity index is 1310. The number of esters is 1. The largest absolute Gasteiger partial charge is 0.467 e. The van der Waals surface area contributed by atoms with Crippen LogP contribution in [-0.4, -0.2) is 36.6 Å². The minimum atomic E-state index is -0.401. The lowest BCUT2D eigenvalue weighted by Crippen LogP contribution is -2.37. The summed E-state index contributed by atoms with van der Waals surface area (Å²) in [6, 6.07) is 32.1. The number of thioether (sulfide) groups is 1. The minimum absolute atomic E-state index is 0.0191. The first-order valence-corrected chi connectivity index (χ1v) is 14.5. The molecule has 1 fully saturated rings. The molecule has 5 rings (SSSR count). The Labute approximate surface area is 239 Å². The van der Waals surface area contributed by atoms with Crippen LogP contribution in [0.2, 0.25) is 0 Å². The van der Waals surface area contributed by atoms with Gasteiger partial charge in [-0.2, -0.15) is 0 Å². The first kappa shape index (κ1) is 28.2. The highest BCUT2D eigenvalue weighted by molar-refractivity contribution is 8.00. The Hall–Kier alpha value is -3.36. The van der Waals surface area contributed by atoms with Crippen molar-refractivity contribution >= 4 is 17.7 Å². The van der Waals surface area contributed by atoms with Gasteiger partial charge in [0.05, 0.1) is 55.2 Å². The fourth-order valence-corrected chi connectivity index (χ4v) is 6.28. The normalized spacial score (nSPS) is 20.4. The average Bonchev–Trinajstić information content (AvgIpc) is 3.62. The summed E-state index contributed by atoms with van der Waals surface area (Å²) in [7, 11) is 0. The molecule has 40 heavy (non-hydrogen) atoms. The molecule has 0 radical (unpaired) electrons. The highest BCUT2D eigenvalue weighted by Gasteiger charge is 2.48. The third-order valence-electron chi connectivity index (χ3n) is 6.69. The van der Waals surface area contributed by atoms with Crippen molar-refractivity contribution in [2.45, 2.75) is 49.5 Å². The standard InChI is InChI=1S/C33H34O6S/c1-2-36-33(34)27-18-28(37-22-27)32-31(39-21-26-16-10-5-11-17-26)30(38-20-25-14-8-4-9-15-25)29(40-32)23-35-19-24-12-6-3-7-13-24/h3-18,22,29-32H,2,19-21,23H2,1H3/t29-,30-,31-,32+/m1/s1. The fraction of sp³-hybridized carbons (Fsp3) is 0.303. The van der Waals surface area contributed by atoms with Crippen LogP contribution in [0.5, 0.6) is 0 Å². The molecule has 0 spiro atoms. The van der Waals surface area contributed by atoms with E-state index in [1.54, 1.807) is 24.8 Å². The topological polar surface area (TPSA) is 67.1 Å². The molecule has 1 aromatic heterocycles. The first-order chi connectivity index (χ1) is 19.7. The zero-order valence-electron chi connectivity index (χ0n) is 22.5. The molecule has 3 aromatic carbocycles. The quantitative estimate of drug-likeness (QED) is 0.164. The number of carbonyl (C=O) groups excluding carboxylic acids is 1. The molecule has 4 aromatic rings. The van der Waals surface area contributed by atoms with Gasteiger partial charge in [-0.05, 0) is 29.7 Å². The van der Waals surface area contributed by atoms with Gasteiger partial charge in [-0.3, -0.25) is 0 Å². The van der Waals surface area contributed by atoms with E-state index >= 15 is 0 Å².